The molecule has 0 unspecified atom stereocenters. The van der Waals surface area contributed by atoms with Gasteiger partial charge in [-0.15, -0.1) is 0 Å². The average Bonchev–Trinajstić information content (AvgIpc) is 2.44. The quantitative estimate of drug-likeness (QED) is 0.765. The van der Waals surface area contributed by atoms with Crippen molar-refractivity contribution in [3.63, 3.8) is 0 Å². The number of nitrogens with zero attached hydrogens (tertiary/aromatic N) is 1. The molecule has 1 heterocycles. The number of benzene rings is 1. The highest BCUT2D eigenvalue weighted by molar-refractivity contribution is 5.30. The second kappa shape index (κ2) is 6.25. The molecule has 1 aliphatic rings. The van der Waals surface area contributed by atoms with Crippen molar-refractivity contribution in [2.45, 2.75) is 39.2 Å². The lowest BCUT2D eigenvalue weighted by molar-refractivity contribution is 0.251. The Bertz CT molecular complexity index is 447. The molecule has 2 heteroatoms. The van der Waals surface area contributed by atoms with Gasteiger partial charge in [0.25, 0.3) is 0 Å². The highest BCUT2D eigenvalue weighted by Crippen LogP contribution is 2.28. The predicted octanol–water partition coefficient (Wildman–Crippen LogP) is 3.67. The topological polar surface area (TPSA) is 12.5 Å². The molecular formula is C17H25NO. The second-order valence-corrected chi connectivity index (χ2v) is 5.46. The summed E-state index contributed by atoms with van der Waals surface area (Å²) < 4.78 is 5.22. The van der Waals surface area contributed by atoms with E-state index in [4.69, 9.17) is 4.74 Å². The molecule has 0 saturated carbocycles. The van der Waals surface area contributed by atoms with E-state index in [1.54, 1.807) is 18.3 Å². The Labute approximate surface area is 117 Å². The van der Waals surface area contributed by atoms with Crippen molar-refractivity contribution in [2.24, 2.45) is 0 Å². The van der Waals surface area contributed by atoms with Gasteiger partial charge in [0.2, 0.25) is 0 Å². The number of likely N-dealkylation sites (N-methyl/N-ethyl adjacent to an activating group) is 1. The molecule has 2 rings (SSSR count). The van der Waals surface area contributed by atoms with Gasteiger partial charge in [-0.25, -0.2) is 0 Å². The Hall–Kier alpha value is -1.28. The first-order valence-corrected chi connectivity index (χ1v) is 7.17. The zero-order chi connectivity index (χ0) is 13.8. The predicted molar refractivity (Wildman–Crippen MR) is 80.7 cm³/mol. The molecule has 0 radical (unpaired) electrons. The largest absolute Gasteiger partial charge is 0.497 e. The van der Waals surface area contributed by atoms with Crippen molar-refractivity contribution in [1.82, 2.24) is 4.90 Å². The summed E-state index contributed by atoms with van der Waals surface area (Å²) in [7, 11) is 3.96. The first kappa shape index (κ1) is 14.1. The molecule has 1 aromatic rings. The summed E-state index contributed by atoms with van der Waals surface area (Å²) in [6, 6.07) is 9.04. The van der Waals surface area contributed by atoms with E-state index >= 15 is 0 Å². The summed E-state index contributed by atoms with van der Waals surface area (Å²) in [5.74, 6) is 0.934. The Morgan fingerprint density at radius 2 is 1.95 bits per heavy atom. The first-order chi connectivity index (χ1) is 9.15. The summed E-state index contributed by atoms with van der Waals surface area (Å²) >= 11 is 0. The molecule has 1 aliphatic heterocycles. The summed E-state index contributed by atoms with van der Waals surface area (Å²) in [6.45, 7) is 5.75. The number of hydrogen-bond acceptors (Lipinski definition) is 2. The van der Waals surface area contributed by atoms with Crippen molar-refractivity contribution in [1.29, 1.82) is 0 Å². The third-order valence-electron chi connectivity index (χ3n) is 4.29. The molecule has 0 bridgehead atoms. The molecule has 0 saturated heterocycles. The van der Waals surface area contributed by atoms with Gasteiger partial charge in [-0.2, -0.15) is 0 Å². The Kier molecular flexibility index (Phi) is 4.65. The molecule has 19 heavy (non-hydrogen) atoms. The summed E-state index contributed by atoms with van der Waals surface area (Å²) in [5, 5.41) is 0. The van der Waals surface area contributed by atoms with E-state index in [0.717, 1.165) is 18.6 Å². The molecule has 0 aliphatic carbocycles. The van der Waals surface area contributed by atoms with Crippen LogP contribution in [0.25, 0.3) is 0 Å². The maximum Gasteiger partial charge on any atom is 0.118 e. The molecule has 104 valence electrons. The highest BCUT2D eigenvalue weighted by Gasteiger charge is 2.24. The van der Waals surface area contributed by atoms with E-state index < -0.39 is 0 Å². The van der Waals surface area contributed by atoms with Gasteiger partial charge in [0.15, 0.2) is 0 Å². The van der Waals surface area contributed by atoms with Crippen molar-refractivity contribution in [3.8, 4) is 5.75 Å². The normalized spacial score (nSPS) is 20.7. The van der Waals surface area contributed by atoms with Gasteiger partial charge in [-0.1, -0.05) is 30.2 Å². The van der Waals surface area contributed by atoms with Crippen LogP contribution in [0.5, 0.6) is 5.75 Å². The third-order valence-corrected chi connectivity index (χ3v) is 4.29. The summed E-state index contributed by atoms with van der Waals surface area (Å²) in [6.07, 6.45) is 3.48. The van der Waals surface area contributed by atoms with Crippen molar-refractivity contribution < 1.29 is 4.74 Å². The monoisotopic (exact) mass is 259 g/mol. The maximum atomic E-state index is 5.22. The second-order valence-electron chi connectivity index (χ2n) is 5.46. The van der Waals surface area contributed by atoms with Crippen LogP contribution >= 0.6 is 0 Å². The SMILES string of the molecule is CCC1=C(C)CCN(C)[C@@H]1Cc1ccc(OC)cc1. The van der Waals surface area contributed by atoms with Gasteiger partial charge in [-0.05, 0) is 50.9 Å². The van der Waals surface area contributed by atoms with Crippen LogP contribution in [0, 0.1) is 0 Å². The Balaban J connectivity index is 2.17. The average molecular weight is 259 g/mol. The van der Waals surface area contributed by atoms with E-state index in [9.17, 15) is 0 Å². The van der Waals surface area contributed by atoms with Crippen LogP contribution in [0.3, 0.4) is 0 Å². The molecule has 1 aromatic carbocycles. The smallest absolute Gasteiger partial charge is 0.118 e. The molecule has 0 spiro atoms. The summed E-state index contributed by atoms with van der Waals surface area (Å²) in [5.41, 5.74) is 4.61. The minimum Gasteiger partial charge on any atom is -0.497 e. The maximum absolute atomic E-state index is 5.22. The fourth-order valence-corrected chi connectivity index (χ4v) is 3.01. The van der Waals surface area contributed by atoms with Gasteiger partial charge in [0, 0.05) is 12.6 Å². The van der Waals surface area contributed by atoms with E-state index in [1.807, 2.05) is 0 Å². The van der Waals surface area contributed by atoms with Gasteiger partial charge in [-0.3, -0.25) is 4.90 Å². The van der Waals surface area contributed by atoms with E-state index in [2.05, 4.69) is 50.1 Å². The number of ether oxygens (including phenoxy) is 1. The van der Waals surface area contributed by atoms with Crippen LogP contribution in [-0.4, -0.2) is 31.6 Å². The zero-order valence-corrected chi connectivity index (χ0v) is 12.6. The minimum atomic E-state index is 0.562. The lowest BCUT2D eigenvalue weighted by Gasteiger charge is -2.36. The van der Waals surface area contributed by atoms with Crippen LogP contribution in [0.15, 0.2) is 35.4 Å². The fraction of sp³-hybridized carbons (Fsp3) is 0.529. The molecule has 0 fully saturated rings. The van der Waals surface area contributed by atoms with E-state index in [-0.39, 0.29) is 0 Å². The number of rotatable bonds is 4. The third kappa shape index (κ3) is 3.19. The van der Waals surface area contributed by atoms with Crippen LogP contribution in [0.4, 0.5) is 0 Å². The summed E-state index contributed by atoms with van der Waals surface area (Å²) in [4.78, 5) is 2.50. The number of hydrogen-bond donors (Lipinski definition) is 0. The fourth-order valence-electron chi connectivity index (χ4n) is 3.01. The standard InChI is InChI=1S/C17H25NO/c1-5-16-13(2)10-11-18(3)17(16)12-14-6-8-15(19-4)9-7-14/h6-9,17H,5,10-12H2,1-4H3/t17-/m1/s1. The highest BCUT2D eigenvalue weighted by atomic mass is 16.5. The van der Waals surface area contributed by atoms with Crippen molar-refractivity contribution >= 4 is 0 Å². The van der Waals surface area contributed by atoms with Gasteiger partial charge in [0.1, 0.15) is 5.75 Å². The van der Waals surface area contributed by atoms with Crippen LogP contribution in [0.1, 0.15) is 32.3 Å². The van der Waals surface area contributed by atoms with Gasteiger partial charge in [0.05, 0.1) is 7.11 Å². The minimum absolute atomic E-state index is 0.562. The molecule has 0 aromatic heterocycles. The molecule has 0 amide bonds. The zero-order valence-electron chi connectivity index (χ0n) is 12.6. The lowest BCUT2D eigenvalue weighted by atomic mass is 9.88. The van der Waals surface area contributed by atoms with Gasteiger partial charge >= 0.3 is 0 Å². The van der Waals surface area contributed by atoms with Crippen LogP contribution in [-0.2, 0) is 6.42 Å². The molecular weight excluding hydrogens is 234 g/mol. The van der Waals surface area contributed by atoms with Gasteiger partial charge < -0.3 is 4.74 Å². The van der Waals surface area contributed by atoms with Crippen molar-refractivity contribution in [3.05, 3.63) is 41.0 Å². The van der Waals surface area contributed by atoms with Crippen molar-refractivity contribution in [2.75, 3.05) is 20.7 Å². The van der Waals surface area contributed by atoms with Crippen LogP contribution in [0.2, 0.25) is 0 Å². The Morgan fingerprint density at radius 1 is 1.26 bits per heavy atom. The van der Waals surface area contributed by atoms with E-state index in [0.29, 0.717) is 6.04 Å². The Morgan fingerprint density at radius 3 is 2.53 bits per heavy atom. The first-order valence-electron chi connectivity index (χ1n) is 7.17. The lowest BCUT2D eigenvalue weighted by Crippen LogP contribution is -2.39. The van der Waals surface area contributed by atoms with E-state index in [1.165, 1.54) is 18.5 Å². The molecule has 2 nitrogen and oxygen atoms in total. The molecule has 0 N–H and O–H groups in total. The van der Waals surface area contributed by atoms with Crippen LogP contribution < -0.4 is 4.74 Å². The molecule has 1 atom stereocenters. The number of methoxy groups -OCH3 is 1.